The first kappa shape index (κ1) is 24.2. The normalized spacial score (nSPS) is 15.3. The van der Waals surface area contributed by atoms with E-state index in [9.17, 15) is 22.8 Å². The van der Waals surface area contributed by atoms with Crippen LogP contribution in [0.5, 0.6) is 0 Å². The number of hydrazine groups is 1. The zero-order valence-electron chi connectivity index (χ0n) is 18.0. The van der Waals surface area contributed by atoms with Gasteiger partial charge < -0.3 is 11.1 Å². The van der Waals surface area contributed by atoms with Crippen molar-refractivity contribution in [2.75, 3.05) is 13.1 Å². The largest absolute Gasteiger partial charge is 0.352 e. The third-order valence-corrected chi connectivity index (χ3v) is 7.16. The SMILES string of the molecule is NC(=O)NC(Cc1ccccc1)C(=O)NNC(=O)c1cccc(S(=O)(=O)N2CCCCC2)c1. The van der Waals surface area contributed by atoms with E-state index in [4.69, 9.17) is 5.73 Å². The smallest absolute Gasteiger partial charge is 0.312 e. The van der Waals surface area contributed by atoms with E-state index in [0.29, 0.717) is 13.1 Å². The summed E-state index contributed by atoms with van der Waals surface area (Å²) < 4.78 is 27.1. The molecule has 0 spiro atoms. The molecule has 33 heavy (non-hydrogen) atoms. The molecule has 11 heteroatoms. The standard InChI is InChI=1S/C22H27N5O5S/c23-22(30)24-19(14-16-8-3-1-4-9-16)21(29)26-25-20(28)17-10-7-11-18(15-17)33(31,32)27-12-5-2-6-13-27/h1,3-4,7-11,15,19H,2,5-6,12-14H2,(H,25,28)(H,26,29)(H3,23,24,30). The Bertz CT molecular complexity index is 1100. The zero-order chi connectivity index (χ0) is 23.8. The molecule has 0 saturated carbocycles. The van der Waals surface area contributed by atoms with E-state index < -0.39 is 33.9 Å². The first-order chi connectivity index (χ1) is 15.8. The lowest BCUT2D eigenvalue weighted by Gasteiger charge is -2.26. The second kappa shape index (κ2) is 10.9. The molecule has 1 fully saturated rings. The van der Waals surface area contributed by atoms with Gasteiger partial charge in [0, 0.05) is 25.1 Å². The Kier molecular flexibility index (Phi) is 8.01. The summed E-state index contributed by atoms with van der Waals surface area (Å²) >= 11 is 0. The number of nitrogens with two attached hydrogens (primary N) is 1. The highest BCUT2D eigenvalue weighted by atomic mass is 32.2. The van der Waals surface area contributed by atoms with Gasteiger partial charge in [0.05, 0.1) is 4.90 Å². The number of amides is 4. The van der Waals surface area contributed by atoms with E-state index in [2.05, 4.69) is 16.2 Å². The van der Waals surface area contributed by atoms with Crippen LogP contribution in [0.1, 0.15) is 35.2 Å². The van der Waals surface area contributed by atoms with Crippen molar-refractivity contribution < 1.29 is 22.8 Å². The summed E-state index contributed by atoms with van der Waals surface area (Å²) in [6.07, 6.45) is 2.75. The maximum Gasteiger partial charge on any atom is 0.312 e. The number of primary amides is 1. The predicted molar refractivity (Wildman–Crippen MR) is 121 cm³/mol. The number of benzene rings is 2. The average Bonchev–Trinajstić information content (AvgIpc) is 2.83. The lowest BCUT2D eigenvalue weighted by atomic mass is 10.1. The van der Waals surface area contributed by atoms with Crippen LogP contribution in [0.4, 0.5) is 4.79 Å². The fourth-order valence-electron chi connectivity index (χ4n) is 3.56. The second-order valence-corrected chi connectivity index (χ2v) is 9.62. The number of hydrogen-bond donors (Lipinski definition) is 4. The van der Waals surface area contributed by atoms with Gasteiger partial charge in [-0.25, -0.2) is 13.2 Å². The Morgan fingerprint density at radius 1 is 0.939 bits per heavy atom. The van der Waals surface area contributed by atoms with E-state index in [1.54, 1.807) is 24.3 Å². The maximum atomic E-state index is 12.9. The number of carbonyl (C=O) groups is 3. The van der Waals surface area contributed by atoms with Gasteiger partial charge in [-0.05, 0) is 36.6 Å². The lowest BCUT2D eigenvalue weighted by Crippen LogP contribution is -2.54. The average molecular weight is 474 g/mol. The van der Waals surface area contributed by atoms with Crippen molar-refractivity contribution in [2.45, 2.75) is 36.6 Å². The predicted octanol–water partition coefficient (Wildman–Crippen LogP) is 0.902. The highest BCUT2D eigenvalue weighted by Gasteiger charge is 2.27. The van der Waals surface area contributed by atoms with Crippen molar-refractivity contribution in [3.05, 3.63) is 65.7 Å². The Labute approximate surface area is 192 Å². The summed E-state index contributed by atoms with van der Waals surface area (Å²) in [5.41, 5.74) is 10.5. The molecule has 3 rings (SSSR count). The minimum atomic E-state index is -3.71. The lowest BCUT2D eigenvalue weighted by molar-refractivity contribution is -0.123. The van der Waals surface area contributed by atoms with Crippen LogP contribution in [-0.2, 0) is 21.2 Å². The molecular formula is C22H27N5O5S. The first-order valence-corrected chi connectivity index (χ1v) is 12.0. The highest BCUT2D eigenvalue weighted by Crippen LogP contribution is 2.21. The van der Waals surface area contributed by atoms with Crippen molar-refractivity contribution in [1.82, 2.24) is 20.5 Å². The number of carbonyl (C=O) groups excluding carboxylic acids is 3. The van der Waals surface area contributed by atoms with E-state index in [1.165, 1.54) is 28.6 Å². The Balaban J connectivity index is 1.66. The molecule has 1 atom stereocenters. The molecule has 1 aliphatic rings. The van der Waals surface area contributed by atoms with Gasteiger partial charge in [-0.2, -0.15) is 4.31 Å². The summed E-state index contributed by atoms with van der Waals surface area (Å²) in [6.45, 7) is 0.898. The Morgan fingerprint density at radius 2 is 1.64 bits per heavy atom. The van der Waals surface area contributed by atoms with Gasteiger partial charge in [0.1, 0.15) is 6.04 Å². The van der Waals surface area contributed by atoms with Crippen LogP contribution in [0.2, 0.25) is 0 Å². The number of nitrogens with zero attached hydrogens (tertiary/aromatic N) is 1. The number of piperidine rings is 1. The fourth-order valence-corrected chi connectivity index (χ4v) is 5.12. The van der Waals surface area contributed by atoms with Gasteiger partial charge in [-0.15, -0.1) is 0 Å². The summed E-state index contributed by atoms with van der Waals surface area (Å²) in [6, 6.07) is 12.7. The van der Waals surface area contributed by atoms with Gasteiger partial charge in [0.2, 0.25) is 10.0 Å². The number of hydrogen-bond acceptors (Lipinski definition) is 5. The highest BCUT2D eigenvalue weighted by molar-refractivity contribution is 7.89. The minimum Gasteiger partial charge on any atom is -0.352 e. The van der Waals surface area contributed by atoms with Crippen LogP contribution in [0, 0.1) is 0 Å². The van der Waals surface area contributed by atoms with Crippen LogP contribution in [0.25, 0.3) is 0 Å². The van der Waals surface area contributed by atoms with E-state index in [-0.39, 0.29) is 16.9 Å². The van der Waals surface area contributed by atoms with Crippen LogP contribution in [0.3, 0.4) is 0 Å². The molecule has 1 saturated heterocycles. The van der Waals surface area contributed by atoms with Gasteiger partial charge >= 0.3 is 6.03 Å². The van der Waals surface area contributed by atoms with Crippen molar-refractivity contribution in [2.24, 2.45) is 5.73 Å². The summed E-state index contributed by atoms with van der Waals surface area (Å²) in [4.78, 5) is 36.4. The minimum absolute atomic E-state index is 0.0146. The maximum absolute atomic E-state index is 12.9. The van der Waals surface area contributed by atoms with Crippen molar-refractivity contribution in [3.8, 4) is 0 Å². The van der Waals surface area contributed by atoms with Gasteiger partial charge in [0.15, 0.2) is 0 Å². The van der Waals surface area contributed by atoms with E-state index in [1.807, 2.05) is 6.07 Å². The number of urea groups is 1. The monoisotopic (exact) mass is 473 g/mol. The molecule has 1 aliphatic heterocycles. The molecule has 2 aromatic carbocycles. The van der Waals surface area contributed by atoms with Gasteiger partial charge in [-0.3, -0.25) is 20.4 Å². The van der Waals surface area contributed by atoms with Gasteiger partial charge in [0.25, 0.3) is 11.8 Å². The van der Waals surface area contributed by atoms with Crippen LogP contribution in [-0.4, -0.2) is 49.7 Å². The molecule has 4 amide bonds. The quantitative estimate of drug-likeness (QED) is 0.441. The van der Waals surface area contributed by atoms with Crippen LogP contribution in [0.15, 0.2) is 59.5 Å². The number of rotatable bonds is 7. The summed E-state index contributed by atoms with van der Waals surface area (Å²) in [5.74, 6) is -1.38. The van der Waals surface area contributed by atoms with E-state index in [0.717, 1.165) is 24.8 Å². The third kappa shape index (κ3) is 6.53. The molecule has 10 nitrogen and oxygen atoms in total. The second-order valence-electron chi connectivity index (χ2n) is 7.69. The molecule has 1 heterocycles. The number of sulfonamides is 1. The molecular weight excluding hydrogens is 446 g/mol. The zero-order valence-corrected chi connectivity index (χ0v) is 18.8. The molecule has 2 aromatic rings. The molecule has 0 aromatic heterocycles. The van der Waals surface area contributed by atoms with Gasteiger partial charge in [-0.1, -0.05) is 42.8 Å². The Hall–Kier alpha value is -3.44. The van der Waals surface area contributed by atoms with Crippen molar-refractivity contribution in [3.63, 3.8) is 0 Å². The molecule has 176 valence electrons. The third-order valence-electron chi connectivity index (χ3n) is 5.26. The molecule has 5 N–H and O–H groups in total. The van der Waals surface area contributed by atoms with Crippen LogP contribution < -0.4 is 21.9 Å². The molecule has 0 bridgehead atoms. The molecule has 0 radical (unpaired) electrons. The van der Waals surface area contributed by atoms with Crippen LogP contribution >= 0.6 is 0 Å². The van der Waals surface area contributed by atoms with Crippen molar-refractivity contribution in [1.29, 1.82) is 0 Å². The Morgan fingerprint density at radius 3 is 2.30 bits per heavy atom. The summed E-state index contributed by atoms with van der Waals surface area (Å²) in [7, 11) is -3.71. The first-order valence-electron chi connectivity index (χ1n) is 10.6. The van der Waals surface area contributed by atoms with Crippen molar-refractivity contribution >= 4 is 27.9 Å². The summed E-state index contributed by atoms with van der Waals surface area (Å²) in [5, 5.41) is 2.35. The fraction of sp³-hybridized carbons (Fsp3) is 0.318. The molecule has 1 unspecified atom stereocenters. The topological polar surface area (TPSA) is 151 Å². The number of nitrogens with one attached hydrogen (secondary N) is 3. The van der Waals surface area contributed by atoms with E-state index >= 15 is 0 Å². The molecule has 0 aliphatic carbocycles.